The van der Waals surface area contributed by atoms with Crippen LogP contribution in [-0.2, 0) is 14.8 Å². The first-order valence-electron chi connectivity index (χ1n) is 10.6. The lowest BCUT2D eigenvalue weighted by Crippen LogP contribution is -2.16. The molecule has 1 amide bonds. The Morgan fingerprint density at radius 1 is 0.973 bits per heavy atom. The van der Waals surface area contributed by atoms with Gasteiger partial charge in [-0.15, -0.1) is 10.2 Å². The Kier molecular flexibility index (Phi) is 6.99. The van der Waals surface area contributed by atoms with Gasteiger partial charge in [-0.05, 0) is 60.7 Å². The second kappa shape index (κ2) is 10.5. The molecular weight excluding hydrogens is 540 g/mol. The summed E-state index contributed by atoms with van der Waals surface area (Å²) in [6.45, 7) is 0. The summed E-state index contributed by atoms with van der Waals surface area (Å²) >= 11 is 6.86. The smallest absolute Gasteiger partial charge is 0.263 e. The van der Waals surface area contributed by atoms with E-state index in [1.807, 2.05) is 0 Å². The molecule has 5 aromatic rings. The van der Waals surface area contributed by atoms with Crippen LogP contribution in [0.3, 0.4) is 0 Å². The number of sulfonamides is 1. The number of amides is 1. The molecule has 4 aromatic heterocycles. The number of anilines is 2. The largest absolute Gasteiger partial charge is 0.463 e. The lowest BCUT2D eigenvalue weighted by Gasteiger charge is -2.08. The van der Waals surface area contributed by atoms with Gasteiger partial charge in [-0.2, -0.15) is 0 Å². The van der Waals surface area contributed by atoms with Gasteiger partial charge in [-0.1, -0.05) is 23.4 Å². The fraction of sp³-hybridized carbons (Fsp3) is 0.0435. The Morgan fingerprint density at radius 3 is 2.35 bits per heavy atom. The molecule has 11 nitrogen and oxygen atoms in total. The van der Waals surface area contributed by atoms with Crippen molar-refractivity contribution in [2.24, 2.45) is 0 Å². The second-order valence-electron chi connectivity index (χ2n) is 7.43. The highest BCUT2D eigenvalue weighted by Gasteiger charge is 2.19. The summed E-state index contributed by atoms with van der Waals surface area (Å²) in [5, 5.41) is 10.7. The summed E-state index contributed by atoms with van der Waals surface area (Å²) < 4.78 is 38.4. The van der Waals surface area contributed by atoms with Gasteiger partial charge in [0.25, 0.3) is 10.0 Å². The molecular formula is C23H17ClN6O5S2. The van der Waals surface area contributed by atoms with Gasteiger partial charge < -0.3 is 19.1 Å². The maximum Gasteiger partial charge on any atom is 0.263 e. The Balaban J connectivity index is 1.21. The van der Waals surface area contributed by atoms with Crippen molar-refractivity contribution >= 4 is 50.8 Å². The van der Waals surface area contributed by atoms with Crippen LogP contribution in [0.15, 0.2) is 92.1 Å². The van der Waals surface area contributed by atoms with Crippen molar-refractivity contribution in [1.29, 1.82) is 0 Å². The zero-order valence-electron chi connectivity index (χ0n) is 18.7. The molecule has 0 aliphatic rings. The van der Waals surface area contributed by atoms with Gasteiger partial charge in [0.15, 0.2) is 27.6 Å². The number of rotatable bonds is 9. The van der Waals surface area contributed by atoms with Crippen molar-refractivity contribution in [3.05, 3.63) is 78.3 Å². The molecule has 1 aromatic carbocycles. The molecule has 0 fully saturated rings. The van der Waals surface area contributed by atoms with Gasteiger partial charge in [0.05, 0.1) is 23.2 Å². The van der Waals surface area contributed by atoms with Crippen LogP contribution in [0.4, 0.5) is 11.5 Å². The van der Waals surface area contributed by atoms with Crippen molar-refractivity contribution in [2.75, 3.05) is 15.8 Å². The number of aromatic amines is 1. The number of imidazole rings is 1. The fourth-order valence-corrected chi connectivity index (χ4v) is 4.99. The van der Waals surface area contributed by atoms with Crippen LogP contribution >= 0.6 is 23.4 Å². The number of nitrogens with zero attached hydrogens (tertiary/aromatic N) is 3. The Morgan fingerprint density at radius 2 is 1.70 bits per heavy atom. The van der Waals surface area contributed by atoms with Gasteiger partial charge in [0.1, 0.15) is 11.4 Å². The van der Waals surface area contributed by atoms with E-state index in [0.717, 1.165) is 0 Å². The van der Waals surface area contributed by atoms with Crippen molar-refractivity contribution in [2.45, 2.75) is 10.1 Å². The van der Waals surface area contributed by atoms with E-state index < -0.39 is 10.0 Å². The number of furan rings is 2. The highest BCUT2D eigenvalue weighted by molar-refractivity contribution is 7.99. The third-order valence-corrected chi connectivity index (χ3v) is 7.31. The van der Waals surface area contributed by atoms with Gasteiger partial charge in [-0.3, -0.25) is 9.52 Å². The van der Waals surface area contributed by atoms with Crippen molar-refractivity contribution < 1.29 is 22.0 Å². The number of carbonyl (C=O) groups is 1. The fourth-order valence-electron chi connectivity index (χ4n) is 3.23. The van der Waals surface area contributed by atoms with Crippen LogP contribution in [0, 0.1) is 0 Å². The molecule has 0 spiro atoms. The zero-order chi connectivity index (χ0) is 25.8. The van der Waals surface area contributed by atoms with Crippen LogP contribution in [-0.4, -0.2) is 40.2 Å². The standard InChI is InChI=1S/C23H17ClN6O5S2/c24-18-9-10-19(29-28-18)30-37(32,33)15-7-5-14(6-8-15)25-20(31)13-36-23-26-21(16-3-1-11-34-16)22(27-23)17-4-2-12-35-17/h1-12H,13H2,(H,25,31)(H,26,27)(H,29,30). The summed E-state index contributed by atoms with van der Waals surface area (Å²) in [4.78, 5) is 20.2. The number of hydrogen-bond acceptors (Lipinski definition) is 9. The lowest BCUT2D eigenvalue weighted by molar-refractivity contribution is -0.113. The van der Waals surface area contributed by atoms with Crippen molar-refractivity contribution in [1.82, 2.24) is 20.2 Å². The summed E-state index contributed by atoms with van der Waals surface area (Å²) in [6, 6.07) is 15.6. The minimum atomic E-state index is -3.90. The third-order valence-electron chi connectivity index (χ3n) is 4.86. The van der Waals surface area contributed by atoms with E-state index in [0.29, 0.717) is 33.8 Å². The summed E-state index contributed by atoms with van der Waals surface area (Å²) in [7, 11) is -3.90. The molecule has 14 heteroatoms. The van der Waals surface area contributed by atoms with Gasteiger partial charge in [0, 0.05) is 5.69 Å². The Labute approximate surface area is 219 Å². The molecule has 0 saturated carbocycles. The quantitative estimate of drug-likeness (QED) is 0.215. The number of H-pyrrole nitrogens is 1. The van der Waals surface area contributed by atoms with Crippen LogP contribution in [0.25, 0.3) is 22.9 Å². The topological polar surface area (TPSA) is 156 Å². The number of benzene rings is 1. The summed E-state index contributed by atoms with van der Waals surface area (Å²) in [5.74, 6) is 0.932. The zero-order valence-corrected chi connectivity index (χ0v) is 21.1. The first-order valence-corrected chi connectivity index (χ1v) is 13.4. The molecule has 3 N–H and O–H groups in total. The average molecular weight is 557 g/mol. The number of carbonyl (C=O) groups excluding carboxylic acids is 1. The molecule has 188 valence electrons. The SMILES string of the molecule is O=C(CSc1nc(-c2ccco2)c(-c2ccco2)[nH]1)Nc1ccc(S(=O)(=O)Nc2ccc(Cl)nn2)cc1. The summed E-state index contributed by atoms with van der Waals surface area (Å²) in [5.41, 5.74) is 1.64. The van der Waals surface area contributed by atoms with Gasteiger partial charge in [0.2, 0.25) is 5.91 Å². The molecule has 0 bridgehead atoms. The minimum Gasteiger partial charge on any atom is -0.463 e. The normalized spacial score (nSPS) is 11.4. The number of halogens is 1. The average Bonchev–Trinajstić information content (AvgIpc) is 3.66. The van der Waals surface area contributed by atoms with Gasteiger partial charge >= 0.3 is 0 Å². The van der Waals surface area contributed by atoms with E-state index in [2.05, 4.69) is 30.2 Å². The molecule has 4 heterocycles. The van der Waals surface area contributed by atoms with Crippen LogP contribution in [0.2, 0.25) is 5.15 Å². The van der Waals surface area contributed by atoms with E-state index >= 15 is 0 Å². The van der Waals surface area contributed by atoms with E-state index in [1.54, 1.807) is 36.8 Å². The molecule has 0 saturated heterocycles. The van der Waals surface area contributed by atoms with E-state index in [9.17, 15) is 13.2 Å². The predicted molar refractivity (Wildman–Crippen MR) is 138 cm³/mol. The third kappa shape index (κ3) is 5.85. The highest BCUT2D eigenvalue weighted by atomic mass is 35.5. The maximum atomic E-state index is 12.6. The van der Waals surface area contributed by atoms with Crippen molar-refractivity contribution in [3.8, 4) is 22.9 Å². The number of nitrogens with one attached hydrogen (secondary N) is 3. The lowest BCUT2D eigenvalue weighted by atomic mass is 10.2. The van der Waals surface area contributed by atoms with Crippen LogP contribution in [0.1, 0.15) is 0 Å². The maximum absolute atomic E-state index is 12.6. The first-order chi connectivity index (χ1) is 17.9. The Hall–Kier alpha value is -4.07. The predicted octanol–water partition coefficient (Wildman–Crippen LogP) is 4.90. The first kappa shape index (κ1) is 24.6. The molecule has 0 aliphatic heterocycles. The number of thioether (sulfide) groups is 1. The Bertz CT molecular complexity index is 1550. The minimum absolute atomic E-state index is 0.0110. The number of hydrogen-bond donors (Lipinski definition) is 3. The van der Waals surface area contributed by atoms with Crippen LogP contribution in [0.5, 0.6) is 0 Å². The molecule has 0 aliphatic carbocycles. The molecule has 5 rings (SSSR count). The second-order valence-corrected chi connectivity index (χ2v) is 10.5. The van der Waals surface area contributed by atoms with Gasteiger partial charge in [-0.25, -0.2) is 13.4 Å². The summed E-state index contributed by atoms with van der Waals surface area (Å²) in [6.07, 6.45) is 3.11. The highest BCUT2D eigenvalue weighted by Crippen LogP contribution is 2.33. The number of aromatic nitrogens is 4. The van der Waals surface area contributed by atoms with E-state index in [1.165, 1.54) is 48.2 Å². The van der Waals surface area contributed by atoms with E-state index in [4.69, 9.17) is 20.4 Å². The molecule has 0 unspecified atom stereocenters. The molecule has 37 heavy (non-hydrogen) atoms. The molecule has 0 radical (unpaired) electrons. The monoisotopic (exact) mass is 556 g/mol. The van der Waals surface area contributed by atoms with Crippen LogP contribution < -0.4 is 10.0 Å². The van der Waals surface area contributed by atoms with Crippen molar-refractivity contribution in [3.63, 3.8) is 0 Å². The molecule has 0 atom stereocenters. The van der Waals surface area contributed by atoms with E-state index in [-0.39, 0.29) is 27.5 Å².